The molecule has 0 unspecified atom stereocenters. The van der Waals surface area contributed by atoms with E-state index < -0.39 is 0 Å². The minimum atomic E-state index is -0.0632. The maximum absolute atomic E-state index is 12.1. The zero-order valence-corrected chi connectivity index (χ0v) is 39.0. The van der Waals surface area contributed by atoms with Crippen molar-refractivity contribution in [1.29, 1.82) is 0 Å². The Hall–Kier alpha value is -1.55. The van der Waals surface area contributed by atoms with Crippen LogP contribution in [0.4, 0.5) is 4.79 Å². The van der Waals surface area contributed by atoms with Crippen LogP contribution in [0.1, 0.15) is 25.7 Å². The molecule has 64 heavy (non-hydrogen) atoms. The number of hydrogen-bond donors (Lipinski definition) is 4. The second kappa shape index (κ2) is 46.6. The van der Waals surface area contributed by atoms with Crippen LogP contribution in [0.5, 0.6) is 0 Å². The number of aliphatic hydroxyl groups is 1. The molecule has 2 fully saturated rings. The molecular formula is C42H81N3O18S. The Kier molecular flexibility index (Phi) is 42.6. The monoisotopic (exact) mass is 948 g/mol. The number of rotatable bonds is 52. The van der Waals surface area contributed by atoms with Crippen molar-refractivity contribution >= 4 is 23.7 Å². The molecule has 0 aromatic carbocycles. The average Bonchev–Trinajstić information content (AvgIpc) is 3.86. The van der Waals surface area contributed by atoms with Crippen molar-refractivity contribution in [3.63, 3.8) is 0 Å². The van der Waals surface area contributed by atoms with Gasteiger partial charge in [-0.05, 0) is 12.8 Å². The van der Waals surface area contributed by atoms with E-state index in [1.54, 1.807) is 0 Å². The fourth-order valence-corrected chi connectivity index (χ4v) is 7.41. The van der Waals surface area contributed by atoms with Gasteiger partial charge in [-0.3, -0.25) is 4.79 Å². The van der Waals surface area contributed by atoms with Crippen LogP contribution < -0.4 is 16.0 Å². The predicted molar refractivity (Wildman–Crippen MR) is 236 cm³/mol. The van der Waals surface area contributed by atoms with Crippen LogP contribution in [0, 0.1) is 0 Å². The molecule has 4 N–H and O–H groups in total. The zero-order valence-electron chi connectivity index (χ0n) is 38.2. The Balaban J connectivity index is 1.12. The minimum absolute atomic E-state index is 0.0188. The van der Waals surface area contributed by atoms with Gasteiger partial charge < -0.3 is 92.1 Å². The highest BCUT2D eigenvalue weighted by atomic mass is 32.2. The Morgan fingerprint density at radius 2 is 0.781 bits per heavy atom. The van der Waals surface area contributed by atoms with Crippen molar-refractivity contribution in [1.82, 2.24) is 16.0 Å². The topological polar surface area (TPSA) is 229 Å². The summed E-state index contributed by atoms with van der Waals surface area (Å²) in [5.74, 6) is 0.996. The molecule has 2 aliphatic heterocycles. The number of amides is 3. The van der Waals surface area contributed by atoms with Crippen molar-refractivity contribution in [2.75, 3.05) is 217 Å². The Morgan fingerprint density at radius 3 is 1.11 bits per heavy atom. The third kappa shape index (κ3) is 37.5. The average molecular weight is 948 g/mol. The molecule has 2 aliphatic rings. The van der Waals surface area contributed by atoms with Crippen LogP contribution in [0.15, 0.2) is 0 Å². The van der Waals surface area contributed by atoms with Gasteiger partial charge in [0.2, 0.25) is 5.91 Å². The van der Waals surface area contributed by atoms with Gasteiger partial charge in [-0.1, -0.05) is 6.42 Å². The molecule has 378 valence electrons. The van der Waals surface area contributed by atoms with Gasteiger partial charge in [-0.15, -0.1) is 0 Å². The molecule has 0 radical (unpaired) electrons. The quantitative estimate of drug-likeness (QED) is 0.0467. The number of fused-ring (bicyclic) bond motifs is 1. The van der Waals surface area contributed by atoms with Crippen LogP contribution in [0.25, 0.3) is 0 Å². The number of ether oxygens (including phenoxy) is 15. The summed E-state index contributed by atoms with van der Waals surface area (Å²) in [6, 6.07) is 0.396. The second-order valence-electron chi connectivity index (χ2n) is 14.1. The SMILES string of the molecule is O=C(CCCC[C@@H]1SC[C@@H]2NC(=O)N[C@@H]21)NCCOCCOCCOCCOCCOCCOCCOCCOCCOCCOCCOCCOCCOCCOCCOCCO. The van der Waals surface area contributed by atoms with Gasteiger partial charge in [0.25, 0.3) is 0 Å². The number of carbonyl (C=O) groups excluding carboxylic acids is 2. The molecule has 0 saturated carbocycles. The number of carbonyl (C=O) groups is 2. The van der Waals surface area contributed by atoms with Gasteiger partial charge in [0.05, 0.1) is 217 Å². The van der Waals surface area contributed by atoms with Gasteiger partial charge >= 0.3 is 6.03 Å². The maximum Gasteiger partial charge on any atom is 0.315 e. The van der Waals surface area contributed by atoms with Crippen molar-refractivity contribution < 1.29 is 85.7 Å². The highest BCUT2D eigenvalue weighted by Crippen LogP contribution is 2.33. The Morgan fingerprint density at radius 1 is 0.469 bits per heavy atom. The molecule has 3 amide bonds. The van der Waals surface area contributed by atoms with Crippen molar-refractivity contribution in [3.05, 3.63) is 0 Å². The first-order valence-electron chi connectivity index (χ1n) is 22.9. The Bertz CT molecular complexity index is 1030. The van der Waals surface area contributed by atoms with Gasteiger partial charge in [0.1, 0.15) is 0 Å². The number of urea groups is 1. The highest BCUT2D eigenvalue weighted by Gasteiger charge is 2.42. The molecule has 0 aromatic rings. The van der Waals surface area contributed by atoms with Crippen molar-refractivity contribution in [2.24, 2.45) is 0 Å². The fourth-order valence-electron chi connectivity index (χ4n) is 5.87. The van der Waals surface area contributed by atoms with Crippen LogP contribution in [0.2, 0.25) is 0 Å². The number of unbranched alkanes of at least 4 members (excludes halogenated alkanes) is 1. The summed E-state index contributed by atoms with van der Waals surface area (Å²) in [5.41, 5.74) is 0. The first kappa shape index (κ1) is 58.6. The van der Waals surface area contributed by atoms with Crippen molar-refractivity contribution in [3.8, 4) is 0 Å². The van der Waals surface area contributed by atoms with Gasteiger partial charge in [0.15, 0.2) is 0 Å². The summed E-state index contributed by atoms with van der Waals surface area (Å²) >= 11 is 1.90. The van der Waals surface area contributed by atoms with Crippen LogP contribution >= 0.6 is 11.8 Å². The number of aliphatic hydroxyl groups excluding tert-OH is 1. The largest absolute Gasteiger partial charge is 0.394 e. The standard InChI is InChI=1S/C42H81N3O18S/c46-6-8-50-10-12-52-14-16-54-18-20-56-22-24-58-26-28-60-30-32-62-34-36-63-35-33-61-31-29-59-27-25-57-23-21-55-19-17-53-15-13-51-11-9-49-7-5-43-40(47)4-2-1-3-39-41-38(37-64-39)44-42(48)45-41/h38-39,41,46H,1-37H2,(H,43,47)(H2,44,45,48)/t38-,39-,41-/m0/s1. The van der Waals surface area contributed by atoms with E-state index in [2.05, 4.69) is 16.0 Å². The van der Waals surface area contributed by atoms with Crippen LogP contribution in [0.3, 0.4) is 0 Å². The molecule has 3 atom stereocenters. The van der Waals surface area contributed by atoms with E-state index in [-0.39, 0.29) is 30.6 Å². The molecule has 2 heterocycles. The second-order valence-corrected chi connectivity index (χ2v) is 15.4. The molecule has 0 aromatic heterocycles. The van der Waals surface area contributed by atoms with Gasteiger partial charge in [-0.25, -0.2) is 4.79 Å². The fraction of sp³-hybridized carbons (Fsp3) is 0.952. The molecule has 0 spiro atoms. The molecule has 2 rings (SSSR count). The first-order chi connectivity index (χ1) is 31.7. The molecule has 21 nitrogen and oxygen atoms in total. The highest BCUT2D eigenvalue weighted by molar-refractivity contribution is 8.00. The van der Waals surface area contributed by atoms with Crippen molar-refractivity contribution in [2.45, 2.75) is 43.0 Å². The third-order valence-corrected chi connectivity index (χ3v) is 10.6. The lowest BCUT2D eigenvalue weighted by Crippen LogP contribution is -2.36. The normalized spacial score (nSPS) is 17.0. The predicted octanol–water partition coefficient (Wildman–Crippen LogP) is 0.0697. The number of hydrogen-bond acceptors (Lipinski definition) is 19. The van der Waals surface area contributed by atoms with E-state index in [4.69, 9.17) is 76.2 Å². The maximum atomic E-state index is 12.1. The molecule has 0 aliphatic carbocycles. The smallest absolute Gasteiger partial charge is 0.315 e. The first-order valence-corrected chi connectivity index (χ1v) is 24.0. The number of nitrogens with one attached hydrogen (secondary N) is 3. The minimum Gasteiger partial charge on any atom is -0.394 e. The number of thioether (sulfide) groups is 1. The summed E-state index contributed by atoms with van der Waals surface area (Å²) in [5, 5.41) is 17.9. The molecule has 22 heteroatoms. The van der Waals surface area contributed by atoms with Gasteiger partial charge in [-0.2, -0.15) is 11.8 Å². The zero-order chi connectivity index (χ0) is 45.5. The van der Waals surface area contributed by atoms with E-state index in [1.165, 1.54) is 0 Å². The third-order valence-electron chi connectivity index (χ3n) is 9.09. The van der Waals surface area contributed by atoms with E-state index >= 15 is 0 Å². The summed E-state index contributed by atoms with van der Waals surface area (Å²) in [7, 11) is 0. The molecule has 0 bridgehead atoms. The van der Waals surface area contributed by atoms with Gasteiger partial charge in [0, 0.05) is 24.0 Å². The van der Waals surface area contributed by atoms with E-state index in [0.29, 0.717) is 216 Å². The van der Waals surface area contributed by atoms with E-state index in [1.807, 2.05) is 11.8 Å². The summed E-state index contributed by atoms with van der Waals surface area (Å²) in [4.78, 5) is 23.5. The summed E-state index contributed by atoms with van der Waals surface area (Å²) < 4.78 is 81.8. The summed E-state index contributed by atoms with van der Waals surface area (Å²) in [6.07, 6.45) is 3.32. The van der Waals surface area contributed by atoms with E-state index in [0.717, 1.165) is 25.0 Å². The lowest BCUT2D eigenvalue weighted by atomic mass is 10.0. The Labute approximate surface area is 384 Å². The van der Waals surface area contributed by atoms with Crippen LogP contribution in [-0.2, 0) is 75.8 Å². The summed E-state index contributed by atoms with van der Waals surface area (Å²) in [6.45, 7) is 14.8. The molecular weight excluding hydrogens is 867 g/mol. The van der Waals surface area contributed by atoms with E-state index in [9.17, 15) is 9.59 Å². The molecule has 2 saturated heterocycles. The lowest BCUT2D eigenvalue weighted by molar-refractivity contribution is -0.121. The lowest BCUT2D eigenvalue weighted by Gasteiger charge is -2.16. The van der Waals surface area contributed by atoms with Crippen LogP contribution in [-0.4, -0.2) is 251 Å².